The van der Waals surface area contributed by atoms with Crippen molar-refractivity contribution in [2.45, 2.75) is 32.7 Å². The van der Waals surface area contributed by atoms with Gasteiger partial charge in [-0.1, -0.05) is 13.8 Å². The summed E-state index contributed by atoms with van der Waals surface area (Å²) in [5, 5.41) is 0. The molecule has 1 unspecified atom stereocenters. The standard InChI is InChI=1S/C25H26FN3/c1-25(2)16-22-15-21(9-13-28(22)17-25)29-14-10-23(18-7-11-27-12-8-18)24(29)19-3-5-20(26)6-4-19/h3-8,10-12,14-15,22H,9,13,16-17H2,1-2H3. The maximum atomic E-state index is 13.6. The Morgan fingerprint density at radius 1 is 1.00 bits per heavy atom. The van der Waals surface area contributed by atoms with E-state index in [0.29, 0.717) is 11.5 Å². The van der Waals surface area contributed by atoms with Gasteiger partial charge in [-0.2, -0.15) is 0 Å². The number of rotatable bonds is 3. The van der Waals surface area contributed by atoms with Gasteiger partial charge in [0.2, 0.25) is 0 Å². The Morgan fingerprint density at radius 2 is 1.76 bits per heavy atom. The number of pyridine rings is 1. The smallest absolute Gasteiger partial charge is 0.123 e. The molecule has 2 aliphatic rings. The van der Waals surface area contributed by atoms with E-state index in [9.17, 15) is 4.39 Å². The topological polar surface area (TPSA) is 21.1 Å². The van der Waals surface area contributed by atoms with E-state index in [2.05, 4.69) is 46.6 Å². The Hall–Kier alpha value is -2.72. The zero-order chi connectivity index (χ0) is 20.0. The van der Waals surface area contributed by atoms with Crippen molar-refractivity contribution in [1.29, 1.82) is 0 Å². The molecule has 1 aromatic carbocycles. The molecule has 3 nitrogen and oxygen atoms in total. The molecular formula is C25H26FN3. The summed E-state index contributed by atoms with van der Waals surface area (Å²) in [5.74, 6) is -0.210. The van der Waals surface area contributed by atoms with E-state index >= 15 is 0 Å². The second-order valence-electron chi connectivity index (χ2n) is 9.00. The van der Waals surface area contributed by atoms with Crippen molar-refractivity contribution >= 4 is 5.70 Å². The van der Waals surface area contributed by atoms with Crippen LogP contribution in [0.2, 0.25) is 0 Å². The molecule has 4 heteroatoms. The zero-order valence-corrected chi connectivity index (χ0v) is 17.0. The molecule has 0 amide bonds. The van der Waals surface area contributed by atoms with Crippen LogP contribution in [0.4, 0.5) is 4.39 Å². The molecule has 29 heavy (non-hydrogen) atoms. The predicted molar refractivity (Wildman–Crippen MR) is 116 cm³/mol. The molecule has 0 aliphatic carbocycles. The molecule has 2 aliphatic heterocycles. The highest BCUT2D eigenvalue weighted by atomic mass is 19.1. The van der Waals surface area contributed by atoms with Gasteiger partial charge in [-0.05, 0) is 71.5 Å². The minimum absolute atomic E-state index is 0.210. The number of benzene rings is 1. The van der Waals surface area contributed by atoms with Crippen molar-refractivity contribution in [2.75, 3.05) is 13.1 Å². The molecule has 0 N–H and O–H groups in total. The number of fused-ring (bicyclic) bond motifs is 1. The lowest BCUT2D eigenvalue weighted by Gasteiger charge is -2.29. The van der Waals surface area contributed by atoms with Crippen LogP contribution in [-0.4, -0.2) is 33.6 Å². The number of hydrogen-bond donors (Lipinski definition) is 0. The summed E-state index contributed by atoms with van der Waals surface area (Å²) >= 11 is 0. The van der Waals surface area contributed by atoms with Gasteiger partial charge in [0, 0.05) is 55.4 Å². The molecule has 1 atom stereocenters. The van der Waals surface area contributed by atoms with Gasteiger partial charge in [0.25, 0.3) is 0 Å². The van der Waals surface area contributed by atoms with Crippen LogP contribution in [0.1, 0.15) is 26.7 Å². The molecule has 4 heterocycles. The Morgan fingerprint density at radius 3 is 2.52 bits per heavy atom. The van der Waals surface area contributed by atoms with Crippen LogP contribution >= 0.6 is 0 Å². The van der Waals surface area contributed by atoms with Gasteiger partial charge >= 0.3 is 0 Å². The molecule has 148 valence electrons. The van der Waals surface area contributed by atoms with E-state index in [-0.39, 0.29) is 5.82 Å². The largest absolute Gasteiger partial charge is 0.320 e. The first-order valence-corrected chi connectivity index (χ1v) is 10.3. The zero-order valence-electron chi connectivity index (χ0n) is 17.0. The summed E-state index contributed by atoms with van der Waals surface area (Å²) in [6, 6.07) is 13.6. The van der Waals surface area contributed by atoms with Gasteiger partial charge in [0.15, 0.2) is 0 Å². The SMILES string of the molecule is CC1(C)CC2C=C(n3ccc(-c4ccncc4)c3-c3ccc(F)cc3)CCN2C1. The molecule has 0 radical (unpaired) electrons. The maximum absolute atomic E-state index is 13.6. The molecular weight excluding hydrogens is 361 g/mol. The van der Waals surface area contributed by atoms with Crippen LogP contribution in [-0.2, 0) is 0 Å². The predicted octanol–water partition coefficient (Wildman–Crippen LogP) is 5.70. The monoisotopic (exact) mass is 387 g/mol. The minimum atomic E-state index is -0.210. The fourth-order valence-corrected chi connectivity index (χ4v) is 4.94. The fourth-order valence-electron chi connectivity index (χ4n) is 4.94. The van der Waals surface area contributed by atoms with Gasteiger partial charge in [0.1, 0.15) is 5.82 Å². The summed E-state index contributed by atoms with van der Waals surface area (Å²) in [4.78, 5) is 6.76. The van der Waals surface area contributed by atoms with Crippen molar-refractivity contribution in [3.8, 4) is 22.4 Å². The Bertz CT molecular complexity index is 1050. The van der Waals surface area contributed by atoms with E-state index in [1.165, 1.54) is 18.7 Å². The number of aromatic nitrogens is 2. The highest BCUT2D eigenvalue weighted by molar-refractivity contribution is 5.84. The lowest BCUT2D eigenvalue weighted by Crippen LogP contribution is -2.33. The normalized spacial score (nSPS) is 21.1. The molecule has 0 saturated carbocycles. The van der Waals surface area contributed by atoms with Gasteiger partial charge in [-0.25, -0.2) is 4.39 Å². The third-order valence-corrected chi connectivity index (χ3v) is 6.21. The molecule has 0 bridgehead atoms. The quantitative estimate of drug-likeness (QED) is 0.575. The van der Waals surface area contributed by atoms with Gasteiger partial charge in [-0.3, -0.25) is 9.88 Å². The van der Waals surface area contributed by atoms with Crippen LogP contribution in [0, 0.1) is 11.2 Å². The first-order valence-electron chi connectivity index (χ1n) is 10.3. The lowest BCUT2D eigenvalue weighted by molar-refractivity contribution is 0.264. The Balaban J connectivity index is 1.62. The van der Waals surface area contributed by atoms with E-state index in [4.69, 9.17) is 0 Å². The highest BCUT2D eigenvalue weighted by Crippen LogP contribution is 2.41. The number of hydrogen-bond acceptors (Lipinski definition) is 2. The second kappa shape index (κ2) is 6.96. The van der Waals surface area contributed by atoms with Crippen LogP contribution in [0.5, 0.6) is 0 Å². The first-order chi connectivity index (χ1) is 14.0. The molecule has 2 aromatic heterocycles. The molecule has 0 spiro atoms. The van der Waals surface area contributed by atoms with Gasteiger partial charge < -0.3 is 4.57 Å². The average Bonchev–Trinajstić information content (AvgIpc) is 3.28. The Labute approximate surface area is 171 Å². The molecule has 1 fully saturated rings. The van der Waals surface area contributed by atoms with Crippen LogP contribution < -0.4 is 0 Å². The highest BCUT2D eigenvalue weighted by Gasteiger charge is 2.38. The van der Waals surface area contributed by atoms with E-state index < -0.39 is 0 Å². The summed E-state index contributed by atoms with van der Waals surface area (Å²) in [6.45, 7) is 6.98. The summed E-state index contributed by atoms with van der Waals surface area (Å²) in [7, 11) is 0. The summed E-state index contributed by atoms with van der Waals surface area (Å²) in [6.07, 6.45) is 10.5. The van der Waals surface area contributed by atoms with Gasteiger partial charge in [-0.15, -0.1) is 0 Å². The average molecular weight is 388 g/mol. The lowest BCUT2D eigenvalue weighted by atomic mass is 9.90. The second-order valence-corrected chi connectivity index (χ2v) is 9.00. The van der Waals surface area contributed by atoms with Crippen LogP contribution in [0.3, 0.4) is 0 Å². The van der Waals surface area contributed by atoms with Gasteiger partial charge in [0.05, 0.1) is 5.69 Å². The third-order valence-electron chi connectivity index (χ3n) is 6.21. The fraction of sp³-hybridized carbons (Fsp3) is 0.320. The first kappa shape index (κ1) is 18.3. The van der Waals surface area contributed by atoms with Crippen LogP contribution in [0.15, 0.2) is 67.1 Å². The summed E-state index contributed by atoms with van der Waals surface area (Å²) < 4.78 is 15.9. The molecule has 1 saturated heterocycles. The van der Waals surface area contributed by atoms with Crippen molar-refractivity contribution < 1.29 is 4.39 Å². The molecule has 3 aromatic rings. The van der Waals surface area contributed by atoms with E-state index in [1.807, 2.05) is 36.7 Å². The summed E-state index contributed by atoms with van der Waals surface area (Å²) in [5.41, 5.74) is 6.12. The van der Waals surface area contributed by atoms with Crippen molar-refractivity contribution in [3.63, 3.8) is 0 Å². The third kappa shape index (κ3) is 3.42. The number of nitrogens with zero attached hydrogens (tertiary/aromatic N) is 3. The Kier molecular flexibility index (Phi) is 4.39. The van der Waals surface area contributed by atoms with E-state index in [1.54, 1.807) is 12.1 Å². The van der Waals surface area contributed by atoms with Crippen molar-refractivity contribution in [1.82, 2.24) is 14.5 Å². The van der Waals surface area contributed by atoms with Crippen molar-refractivity contribution in [2.24, 2.45) is 5.41 Å². The van der Waals surface area contributed by atoms with Crippen molar-refractivity contribution in [3.05, 3.63) is 72.9 Å². The number of halogens is 1. The minimum Gasteiger partial charge on any atom is -0.320 e. The maximum Gasteiger partial charge on any atom is 0.123 e. The van der Waals surface area contributed by atoms with Crippen LogP contribution in [0.25, 0.3) is 28.1 Å². The molecule has 5 rings (SSSR count). The van der Waals surface area contributed by atoms with E-state index in [0.717, 1.165) is 35.3 Å².